The molecule has 2 fully saturated rings. The zero-order chi connectivity index (χ0) is 25.7. The van der Waals surface area contributed by atoms with E-state index in [4.69, 9.17) is 17.0 Å². The van der Waals surface area contributed by atoms with E-state index in [9.17, 15) is 9.59 Å². The second kappa shape index (κ2) is 11.8. The highest BCUT2D eigenvalue weighted by molar-refractivity contribution is 7.80. The third kappa shape index (κ3) is 6.23. The first kappa shape index (κ1) is 26.1. The van der Waals surface area contributed by atoms with Crippen LogP contribution in [0.3, 0.4) is 0 Å². The van der Waals surface area contributed by atoms with Crippen LogP contribution in [0.1, 0.15) is 38.2 Å². The fourth-order valence-corrected chi connectivity index (χ4v) is 5.25. The minimum absolute atomic E-state index is 0.0363. The lowest BCUT2D eigenvalue weighted by Gasteiger charge is -2.31. The summed E-state index contributed by atoms with van der Waals surface area (Å²) in [6.45, 7) is 8.16. The van der Waals surface area contributed by atoms with E-state index in [0.29, 0.717) is 23.1 Å². The number of hydrogen-bond acceptors (Lipinski definition) is 5. The van der Waals surface area contributed by atoms with E-state index in [1.807, 2.05) is 36.1 Å². The fraction of sp³-hybridized carbons (Fsp3) is 0.464. The van der Waals surface area contributed by atoms with Gasteiger partial charge in [0, 0.05) is 12.2 Å². The molecule has 2 amide bonds. The second-order valence-electron chi connectivity index (χ2n) is 9.86. The van der Waals surface area contributed by atoms with Crippen molar-refractivity contribution in [1.29, 1.82) is 0 Å². The number of rotatable bonds is 9. The molecule has 0 saturated carbocycles. The van der Waals surface area contributed by atoms with Gasteiger partial charge in [0.25, 0.3) is 5.91 Å². The SMILES string of the molecule is COc1ccc(NC(=O)C[C@@H]2C(=O)N(c3ccc(C)cc3)C(=S)N2CCCN2CCC(C)CC2)cc1. The first-order chi connectivity index (χ1) is 17.4. The fourth-order valence-electron chi connectivity index (χ4n) is 4.83. The van der Waals surface area contributed by atoms with Crippen LogP contribution in [0.5, 0.6) is 5.75 Å². The number of aryl methyl sites for hydroxylation is 1. The van der Waals surface area contributed by atoms with Crippen molar-refractivity contribution in [3.8, 4) is 5.75 Å². The number of piperidine rings is 1. The van der Waals surface area contributed by atoms with Crippen molar-refractivity contribution in [2.24, 2.45) is 5.92 Å². The number of likely N-dealkylation sites (tertiary alicyclic amines) is 1. The van der Waals surface area contributed by atoms with Crippen LogP contribution in [-0.2, 0) is 9.59 Å². The number of thiocarbonyl (C=S) groups is 1. The van der Waals surface area contributed by atoms with Gasteiger partial charge in [0.05, 0.1) is 19.2 Å². The molecule has 2 aromatic rings. The summed E-state index contributed by atoms with van der Waals surface area (Å²) in [5.74, 6) is 1.14. The van der Waals surface area contributed by atoms with Crippen LogP contribution in [0.2, 0.25) is 0 Å². The van der Waals surface area contributed by atoms with Crippen molar-refractivity contribution < 1.29 is 14.3 Å². The van der Waals surface area contributed by atoms with Crippen LogP contribution in [0, 0.1) is 12.8 Å². The Morgan fingerprint density at radius 1 is 1.06 bits per heavy atom. The average Bonchev–Trinajstić information content (AvgIpc) is 3.10. The van der Waals surface area contributed by atoms with Gasteiger partial charge in [-0.05, 0) is 100 Å². The Kier molecular flexibility index (Phi) is 8.59. The number of benzene rings is 2. The number of carbonyl (C=O) groups is 2. The van der Waals surface area contributed by atoms with Crippen molar-refractivity contribution in [3.05, 3.63) is 54.1 Å². The van der Waals surface area contributed by atoms with Gasteiger partial charge >= 0.3 is 0 Å². The molecule has 0 aliphatic carbocycles. The minimum Gasteiger partial charge on any atom is -0.497 e. The van der Waals surface area contributed by atoms with Crippen molar-refractivity contribution in [2.45, 2.75) is 45.6 Å². The summed E-state index contributed by atoms with van der Waals surface area (Å²) in [5.41, 5.74) is 2.51. The highest BCUT2D eigenvalue weighted by atomic mass is 32.1. The Hall–Kier alpha value is -2.97. The summed E-state index contributed by atoms with van der Waals surface area (Å²) in [5, 5.41) is 3.38. The van der Waals surface area contributed by atoms with Gasteiger partial charge in [-0.1, -0.05) is 24.6 Å². The largest absolute Gasteiger partial charge is 0.497 e. The minimum atomic E-state index is -0.626. The summed E-state index contributed by atoms with van der Waals surface area (Å²) in [7, 11) is 1.60. The van der Waals surface area contributed by atoms with Crippen molar-refractivity contribution >= 4 is 40.5 Å². The molecule has 0 radical (unpaired) electrons. The van der Waals surface area contributed by atoms with Gasteiger partial charge in [-0.2, -0.15) is 0 Å². The summed E-state index contributed by atoms with van der Waals surface area (Å²) >= 11 is 5.80. The van der Waals surface area contributed by atoms with Crippen LogP contribution in [0.15, 0.2) is 48.5 Å². The molecule has 0 aromatic heterocycles. The van der Waals surface area contributed by atoms with E-state index < -0.39 is 6.04 Å². The molecule has 0 spiro atoms. The molecule has 8 heteroatoms. The average molecular weight is 509 g/mol. The lowest BCUT2D eigenvalue weighted by atomic mass is 9.99. The molecule has 2 saturated heterocycles. The maximum absolute atomic E-state index is 13.6. The molecule has 1 atom stereocenters. The Labute approximate surface area is 219 Å². The second-order valence-corrected chi connectivity index (χ2v) is 10.2. The number of hydrogen-bond donors (Lipinski definition) is 1. The van der Waals surface area contributed by atoms with Gasteiger partial charge in [-0.15, -0.1) is 0 Å². The number of nitrogens with one attached hydrogen (secondary N) is 1. The standard InChI is InChI=1S/C28H36N4O3S/c1-20-5-9-23(10-6-20)32-27(34)25(19-26(33)29-22-7-11-24(35-3)12-8-22)31(28(32)36)16-4-15-30-17-13-21(2)14-18-30/h5-12,21,25H,4,13-19H2,1-3H3,(H,29,33)/t25-/m1/s1. The third-order valence-electron chi connectivity index (χ3n) is 7.11. The lowest BCUT2D eigenvalue weighted by molar-refractivity contribution is -0.124. The summed E-state index contributed by atoms with van der Waals surface area (Å²) in [6.07, 6.45) is 3.39. The quantitative estimate of drug-likeness (QED) is 0.505. The summed E-state index contributed by atoms with van der Waals surface area (Å²) in [4.78, 5) is 32.6. The monoisotopic (exact) mass is 508 g/mol. The first-order valence-corrected chi connectivity index (χ1v) is 13.1. The summed E-state index contributed by atoms with van der Waals surface area (Å²) < 4.78 is 5.18. The molecular formula is C28H36N4O3S. The van der Waals surface area contributed by atoms with Crippen LogP contribution in [-0.4, -0.2) is 66.1 Å². The Morgan fingerprint density at radius 3 is 2.36 bits per heavy atom. The van der Waals surface area contributed by atoms with Gasteiger partial charge < -0.3 is 19.9 Å². The first-order valence-electron chi connectivity index (χ1n) is 12.7. The predicted molar refractivity (Wildman–Crippen MR) is 147 cm³/mol. The van der Waals surface area contributed by atoms with Crippen LogP contribution in [0.4, 0.5) is 11.4 Å². The molecule has 2 heterocycles. The lowest BCUT2D eigenvalue weighted by Crippen LogP contribution is -2.40. The molecule has 7 nitrogen and oxygen atoms in total. The Bertz CT molecular complexity index is 1070. The van der Waals surface area contributed by atoms with Crippen LogP contribution >= 0.6 is 12.2 Å². The smallest absolute Gasteiger partial charge is 0.256 e. The topological polar surface area (TPSA) is 65.1 Å². The molecule has 1 N–H and O–H groups in total. The molecule has 36 heavy (non-hydrogen) atoms. The summed E-state index contributed by atoms with van der Waals surface area (Å²) in [6, 6.07) is 14.3. The molecule has 192 valence electrons. The maximum Gasteiger partial charge on any atom is 0.256 e. The van der Waals surface area contributed by atoms with E-state index in [1.165, 1.54) is 12.8 Å². The molecule has 4 rings (SSSR count). The van der Waals surface area contributed by atoms with Gasteiger partial charge in [-0.3, -0.25) is 14.5 Å². The number of methoxy groups -OCH3 is 1. The maximum atomic E-state index is 13.6. The van der Waals surface area contributed by atoms with Crippen LogP contribution in [0.25, 0.3) is 0 Å². The molecule has 0 unspecified atom stereocenters. The van der Waals surface area contributed by atoms with E-state index in [2.05, 4.69) is 17.1 Å². The van der Waals surface area contributed by atoms with E-state index in [0.717, 1.165) is 43.2 Å². The zero-order valence-corrected chi connectivity index (χ0v) is 22.2. The number of anilines is 2. The van der Waals surface area contributed by atoms with E-state index >= 15 is 0 Å². The zero-order valence-electron chi connectivity index (χ0n) is 21.4. The molecular weight excluding hydrogens is 472 g/mol. The van der Waals surface area contributed by atoms with E-state index in [1.54, 1.807) is 36.3 Å². The molecule has 2 aromatic carbocycles. The normalized spacial score (nSPS) is 19.1. The number of carbonyl (C=O) groups excluding carboxylic acids is 2. The van der Waals surface area contributed by atoms with Crippen LogP contribution < -0.4 is 15.0 Å². The molecule has 0 bridgehead atoms. The van der Waals surface area contributed by atoms with Gasteiger partial charge in [-0.25, -0.2) is 0 Å². The van der Waals surface area contributed by atoms with Gasteiger partial charge in [0.1, 0.15) is 11.8 Å². The van der Waals surface area contributed by atoms with Crippen molar-refractivity contribution in [3.63, 3.8) is 0 Å². The van der Waals surface area contributed by atoms with E-state index in [-0.39, 0.29) is 18.2 Å². The van der Waals surface area contributed by atoms with Crippen molar-refractivity contribution in [1.82, 2.24) is 9.80 Å². The molecule has 2 aliphatic rings. The highest BCUT2D eigenvalue weighted by Gasteiger charge is 2.43. The number of amides is 2. The van der Waals surface area contributed by atoms with Crippen molar-refractivity contribution in [2.75, 3.05) is 43.5 Å². The third-order valence-corrected chi connectivity index (χ3v) is 7.53. The number of nitrogens with zero attached hydrogens (tertiary/aromatic N) is 3. The molecule has 2 aliphatic heterocycles. The Balaban J connectivity index is 1.45. The number of ether oxygens (including phenoxy) is 1. The highest BCUT2D eigenvalue weighted by Crippen LogP contribution is 2.28. The van der Waals surface area contributed by atoms with Gasteiger partial charge in [0.15, 0.2) is 5.11 Å². The van der Waals surface area contributed by atoms with Gasteiger partial charge in [0.2, 0.25) is 5.91 Å². The Morgan fingerprint density at radius 2 is 1.72 bits per heavy atom. The predicted octanol–water partition coefficient (Wildman–Crippen LogP) is 4.46.